The molecule has 1 amide bonds. The van der Waals surface area contributed by atoms with E-state index in [1.165, 1.54) is 25.9 Å². The average molecular weight is 289 g/mol. The Morgan fingerprint density at radius 3 is 2.71 bits per heavy atom. The van der Waals surface area contributed by atoms with E-state index in [1.807, 2.05) is 31.3 Å². The molecule has 0 aliphatic carbocycles. The second-order valence-corrected chi connectivity index (χ2v) is 5.89. The zero-order valence-corrected chi connectivity index (χ0v) is 13.2. The Hall–Kier alpha value is -1.39. The van der Waals surface area contributed by atoms with Gasteiger partial charge in [-0.05, 0) is 64.5 Å². The molecule has 1 heterocycles. The second-order valence-electron chi connectivity index (χ2n) is 5.89. The first-order valence-electron chi connectivity index (χ1n) is 7.96. The summed E-state index contributed by atoms with van der Waals surface area (Å²) in [6, 6.07) is 8.08. The second kappa shape index (κ2) is 8.15. The third-order valence-electron chi connectivity index (χ3n) is 4.01. The maximum absolute atomic E-state index is 12.5. The van der Waals surface area contributed by atoms with Gasteiger partial charge in [0.15, 0.2) is 0 Å². The Balaban J connectivity index is 1.92. The van der Waals surface area contributed by atoms with Crippen LogP contribution in [0.15, 0.2) is 24.3 Å². The van der Waals surface area contributed by atoms with Gasteiger partial charge in [-0.1, -0.05) is 18.2 Å². The topological polar surface area (TPSA) is 44.4 Å². The van der Waals surface area contributed by atoms with Crippen LogP contribution >= 0.6 is 0 Å². The Morgan fingerprint density at radius 1 is 1.29 bits per heavy atom. The molecule has 4 nitrogen and oxygen atoms in total. The van der Waals surface area contributed by atoms with Crippen LogP contribution in [0.3, 0.4) is 0 Å². The van der Waals surface area contributed by atoms with Crippen LogP contribution in [0.1, 0.15) is 35.7 Å². The largest absolute Gasteiger partial charge is 0.348 e. The third kappa shape index (κ3) is 4.83. The number of hydrogen-bond donors (Lipinski definition) is 2. The molecule has 1 fully saturated rings. The van der Waals surface area contributed by atoms with E-state index in [2.05, 4.69) is 22.5 Å². The molecule has 0 spiro atoms. The molecule has 4 heteroatoms. The van der Waals surface area contributed by atoms with Crippen molar-refractivity contribution in [2.75, 3.05) is 33.2 Å². The molecule has 2 rings (SSSR count). The van der Waals surface area contributed by atoms with Crippen molar-refractivity contribution in [2.24, 2.45) is 0 Å². The maximum atomic E-state index is 12.5. The van der Waals surface area contributed by atoms with Gasteiger partial charge >= 0.3 is 0 Å². The zero-order valence-electron chi connectivity index (χ0n) is 13.2. The summed E-state index contributed by atoms with van der Waals surface area (Å²) in [5.74, 6) is 0.0494. The molecule has 0 saturated carbocycles. The van der Waals surface area contributed by atoms with Crippen LogP contribution in [0.2, 0.25) is 0 Å². The number of benzene rings is 1. The summed E-state index contributed by atoms with van der Waals surface area (Å²) in [7, 11) is 1.93. The van der Waals surface area contributed by atoms with Gasteiger partial charge in [0.2, 0.25) is 0 Å². The Labute approximate surface area is 127 Å². The molecule has 0 aromatic heterocycles. The summed E-state index contributed by atoms with van der Waals surface area (Å²) in [6.45, 7) is 6.25. The van der Waals surface area contributed by atoms with E-state index in [1.54, 1.807) is 0 Å². The molecule has 116 valence electrons. The van der Waals surface area contributed by atoms with Gasteiger partial charge in [-0.2, -0.15) is 0 Å². The first-order valence-corrected chi connectivity index (χ1v) is 7.96. The lowest BCUT2D eigenvalue weighted by molar-refractivity contribution is 0.0931. The quantitative estimate of drug-likeness (QED) is 0.802. The van der Waals surface area contributed by atoms with E-state index in [-0.39, 0.29) is 11.9 Å². The minimum absolute atomic E-state index is 0.0494. The van der Waals surface area contributed by atoms with Gasteiger partial charge < -0.3 is 15.5 Å². The minimum Gasteiger partial charge on any atom is -0.348 e. The summed E-state index contributed by atoms with van der Waals surface area (Å²) >= 11 is 0. The average Bonchev–Trinajstić information content (AvgIpc) is 2.98. The fraction of sp³-hybridized carbons (Fsp3) is 0.588. The molecule has 1 unspecified atom stereocenters. The Bertz CT molecular complexity index is 455. The molecule has 1 atom stereocenters. The number of likely N-dealkylation sites (tertiary alicyclic amines) is 1. The van der Waals surface area contributed by atoms with Crippen molar-refractivity contribution in [3.05, 3.63) is 35.4 Å². The summed E-state index contributed by atoms with van der Waals surface area (Å²) in [5, 5.41) is 6.27. The Morgan fingerprint density at radius 2 is 2.00 bits per heavy atom. The van der Waals surface area contributed by atoms with Gasteiger partial charge in [0, 0.05) is 18.2 Å². The molecule has 1 aliphatic rings. The molecule has 2 N–H and O–H groups in total. The van der Waals surface area contributed by atoms with Crippen LogP contribution < -0.4 is 10.6 Å². The molecule has 1 aromatic rings. The standard InChI is InChI=1S/C17H27N3O/c1-14(13-20-11-5-6-12-20)19-17(21)16-8-4-3-7-15(16)9-10-18-2/h3-4,7-8,14,18H,5-6,9-13H2,1-2H3,(H,19,21). The number of nitrogens with one attached hydrogen (secondary N) is 2. The van der Waals surface area contributed by atoms with Crippen LogP contribution in [0.5, 0.6) is 0 Å². The predicted molar refractivity (Wildman–Crippen MR) is 86.7 cm³/mol. The monoisotopic (exact) mass is 289 g/mol. The van der Waals surface area contributed by atoms with Gasteiger partial charge in [-0.15, -0.1) is 0 Å². The van der Waals surface area contributed by atoms with Crippen LogP contribution in [-0.4, -0.2) is 50.1 Å². The van der Waals surface area contributed by atoms with Crippen molar-refractivity contribution in [1.29, 1.82) is 0 Å². The van der Waals surface area contributed by atoms with E-state index < -0.39 is 0 Å². The van der Waals surface area contributed by atoms with Crippen LogP contribution in [0.25, 0.3) is 0 Å². The van der Waals surface area contributed by atoms with Gasteiger partial charge in [-0.3, -0.25) is 4.79 Å². The summed E-state index contributed by atoms with van der Waals surface area (Å²) in [4.78, 5) is 14.9. The fourth-order valence-corrected chi connectivity index (χ4v) is 2.92. The van der Waals surface area contributed by atoms with Gasteiger partial charge in [-0.25, -0.2) is 0 Å². The van der Waals surface area contributed by atoms with Crippen molar-refractivity contribution < 1.29 is 4.79 Å². The number of carbonyl (C=O) groups is 1. The zero-order chi connectivity index (χ0) is 15.1. The van der Waals surface area contributed by atoms with Crippen molar-refractivity contribution in [3.8, 4) is 0 Å². The number of nitrogens with zero attached hydrogens (tertiary/aromatic N) is 1. The van der Waals surface area contributed by atoms with Gasteiger partial charge in [0.25, 0.3) is 5.91 Å². The highest BCUT2D eigenvalue weighted by Gasteiger charge is 2.17. The summed E-state index contributed by atoms with van der Waals surface area (Å²) in [5.41, 5.74) is 1.92. The van der Waals surface area contributed by atoms with Crippen molar-refractivity contribution in [1.82, 2.24) is 15.5 Å². The smallest absolute Gasteiger partial charge is 0.251 e. The molecular formula is C17H27N3O. The number of hydrogen-bond acceptors (Lipinski definition) is 3. The molecule has 21 heavy (non-hydrogen) atoms. The molecule has 1 saturated heterocycles. The van der Waals surface area contributed by atoms with Crippen LogP contribution in [-0.2, 0) is 6.42 Å². The highest BCUT2D eigenvalue weighted by atomic mass is 16.1. The van der Waals surface area contributed by atoms with Gasteiger partial charge in [0.05, 0.1) is 0 Å². The van der Waals surface area contributed by atoms with E-state index in [9.17, 15) is 4.79 Å². The normalized spacial score (nSPS) is 16.9. The van der Waals surface area contributed by atoms with E-state index >= 15 is 0 Å². The Kier molecular flexibility index (Phi) is 6.21. The van der Waals surface area contributed by atoms with E-state index in [4.69, 9.17) is 0 Å². The summed E-state index contributed by atoms with van der Waals surface area (Å²) < 4.78 is 0. The van der Waals surface area contributed by atoms with Crippen molar-refractivity contribution >= 4 is 5.91 Å². The summed E-state index contributed by atoms with van der Waals surface area (Å²) in [6.07, 6.45) is 3.45. The van der Waals surface area contributed by atoms with Crippen molar-refractivity contribution in [3.63, 3.8) is 0 Å². The molecular weight excluding hydrogens is 262 g/mol. The molecule has 0 bridgehead atoms. The number of carbonyl (C=O) groups excluding carboxylic acids is 1. The van der Waals surface area contributed by atoms with Crippen LogP contribution in [0, 0.1) is 0 Å². The van der Waals surface area contributed by atoms with E-state index in [0.29, 0.717) is 0 Å². The molecule has 0 radical (unpaired) electrons. The lowest BCUT2D eigenvalue weighted by Crippen LogP contribution is -2.41. The number of rotatable bonds is 7. The van der Waals surface area contributed by atoms with Crippen LogP contribution in [0.4, 0.5) is 0 Å². The molecule has 1 aliphatic heterocycles. The minimum atomic E-state index is 0.0494. The van der Waals surface area contributed by atoms with Gasteiger partial charge in [0.1, 0.15) is 0 Å². The predicted octanol–water partition coefficient (Wildman–Crippen LogP) is 1.66. The first-order chi connectivity index (χ1) is 10.2. The highest BCUT2D eigenvalue weighted by Crippen LogP contribution is 2.11. The fourth-order valence-electron chi connectivity index (χ4n) is 2.92. The third-order valence-corrected chi connectivity index (χ3v) is 4.01. The SMILES string of the molecule is CNCCc1ccccc1C(=O)NC(C)CN1CCCC1. The van der Waals surface area contributed by atoms with Crippen molar-refractivity contribution in [2.45, 2.75) is 32.2 Å². The lowest BCUT2D eigenvalue weighted by atomic mass is 10.0. The number of amides is 1. The molecule has 1 aromatic carbocycles. The highest BCUT2D eigenvalue weighted by molar-refractivity contribution is 5.95. The number of likely N-dealkylation sites (N-methyl/N-ethyl adjacent to an activating group) is 1. The first kappa shape index (κ1) is 16.0. The maximum Gasteiger partial charge on any atom is 0.251 e. The van der Waals surface area contributed by atoms with E-state index in [0.717, 1.165) is 30.6 Å². The lowest BCUT2D eigenvalue weighted by Gasteiger charge is -2.21.